The average molecular weight is 277 g/mol. The number of hydrogen-bond acceptors (Lipinski definition) is 4. The molecule has 0 bridgehead atoms. The first-order chi connectivity index (χ1) is 9.66. The summed E-state index contributed by atoms with van der Waals surface area (Å²) >= 11 is 0. The highest BCUT2D eigenvalue weighted by Crippen LogP contribution is 2.17. The van der Waals surface area contributed by atoms with E-state index >= 15 is 0 Å². The third kappa shape index (κ3) is 4.06. The molecule has 2 rings (SSSR count). The molecule has 0 amide bonds. The molecule has 20 heavy (non-hydrogen) atoms. The van der Waals surface area contributed by atoms with E-state index in [1.165, 1.54) is 0 Å². The second-order valence-corrected chi connectivity index (χ2v) is 4.97. The molecule has 0 radical (unpaired) electrons. The second kappa shape index (κ2) is 7.05. The van der Waals surface area contributed by atoms with Crippen molar-refractivity contribution in [3.8, 4) is 0 Å². The minimum atomic E-state index is -0.861. The quantitative estimate of drug-likeness (QED) is 0.829. The number of ether oxygens (including phenoxy) is 1. The highest BCUT2D eigenvalue weighted by molar-refractivity contribution is 5.76. The van der Waals surface area contributed by atoms with Crippen LogP contribution in [0.15, 0.2) is 30.3 Å². The number of piperidine rings is 1. The van der Waals surface area contributed by atoms with Crippen LogP contribution in [0.1, 0.15) is 24.8 Å². The van der Waals surface area contributed by atoms with Gasteiger partial charge in [0, 0.05) is 0 Å². The minimum Gasteiger partial charge on any atom is -0.480 e. The molecule has 0 spiro atoms. The summed E-state index contributed by atoms with van der Waals surface area (Å²) in [5, 5.41) is 9.14. The summed E-state index contributed by atoms with van der Waals surface area (Å²) in [4.78, 5) is 24.6. The average Bonchev–Trinajstić information content (AvgIpc) is 2.46. The van der Waals surface area contributed by atoms with Crippen LogP contribution >= 0.6 is 0 Å². The van der Waals surface area contributed by atoms with E-state index in [1.54, 1.807) is 4.90 Å². The number of carbonyl (C=O) groups excluding carboxylic acids is 1. The van der Waals surface area contributed by atoms with Crippen LogP contribution in [-0.4, -0.2) is 41.1 Å². The molecule has 0 aromatic heterocycles. The number of rotatable bonds is 5. The first-order valence-electron chi connectivity index (χ1n) is 6.83. The fourth-order valence-corrected chi connectivity index (χ4v) is 2.41. The van der Waals surface area contributed by atoms with E-state index in [-0.39, 0.29) is 19.1 Å². The van der Waals surface area contributed by atoms with Gasteiger partial charge in [0.25, 0.3) is 0 Å². The Morgan fingerprint density at radius 2 is 2.00 bits per heavy atom. The Morgan fingerprint density at radius 1 is 1.25 bits per heavy atom. The zero-order chi connectivity index (χ0) is 14.4. The standard InChI is InChI=1S/C15H19NO4/c17-14(20-11-12-6-2-1-3-7-12)10-16-9-5-4-8-13(16)15(18)19/h1-3,6-7,13H,4-5,8-11H2,(H,18,19). The highest BCUT2D eigenvalue weighted by Gasteiger charge is 2.29. The summed E-state index contributed by atoms with van der Waals surface area (Å²) in [7, 11) is 0. The molecular formula is C15H19NO4. The Hall–Kier alpha value is -1.88. The fraction of sp³-hybridized carbons (Fsp3) is 0.467. The molecule has 1 saturated heterocycles. The fourth-order valence-electron chi connectivity index (χ4n) is 2.41. The van der Waals surface area contributed by atoms with Gasteiger partial charge >= 0.3 is 11.9 Å². The van der Waals surface area contributed by atoms with Crippen molar-refractivity contribution < 1.29 is 19.4 Å². The third-order valence-electron chi connectivity index (χ3n) is 3.47. The number of carbonyl (C=O) groups is 2. The molecule has 1 aromatic carbocycles. The summed E-state index contributed by atoms with van der Waals surface area (Å²) in [6, 6.07) is 8.87. The molecule has 1 aliphatic heterocycles. The van der Waals surface area contributed by atoms with Crippen LogP contribution in [0.2, 0.25) is 0 Å². The molecule has 1 aromatic rings. The molecular weight excluding hydrogens is 258 g/mol. The van der Waals surface area contributed by atoms with Crippen molar-refractivity contribution in [3.63, 3.8) is 0 Å². The van der Waals surface area contributed by atoms with Crippen molar-refractivity contribution in [1.29, 1.82) is 0 Å². The van der Waals surface area contributed by atoms with E-state index < -0.39 is 12.0 Å². The SMILES string of the molecule is O=C(CN1CCCCC1C(=O)O)OCc1ccccc1. The summed E-state index contributed by atoms with van der Waals surface area (Å²) in [6.45, 7) is 0.909. The van der Waals surface area contributed by atoms with E-state index in [2.05, 4.69) is 0 Å². The second-order valence-electron chi connectivity index (χ2n) is 4.97. The highest BCUT2D eigenvalue weighted by atomic mass is 16.5. The van der Waals surface area contributed by atoms with Crippen molar-refractivity contribution in [2.24, 2.45) is 0 Å². The van der Waals surface area contributed by atoms with Crippen LogP contribution in [0.25, 0.3) is 0 Å². The molecule has 0 aliphatic carbocycles. The lowest BCUT2D eigenvalue weighted by Crippen LogP contribution is -2.47. The molecule has 0 saturated carbocycles. The number of carboxylic acids is 1. The van der Waals surface area contributed by atoms with Gasteiger partial charge in [-0.15, -0.1) is 0 Å². The van der Waals surface area contributed by atoms with E-state index in [4.69, 9.17) is 9.84 Å². The number of likely N-dealkylation sites (tertiary alicyclic amines) is 1. The van der Waals surface area contributed by atoms with Crippen molar-refractivity contribution >= 4 is 11.9 Å². The molecule has 1 heterocycles. The summed E-state index contributed by atoms with van der Waals surface area (Å²) < 4.78 is 5.19. The summed E-state index contributed by atoms with van der Waals surface area (Å²) in [5.74, 6) is -1.23. The monoisotopic (exact) mass is 277 g/mol. The van der Waals surface area contributed by atoms with Gasteiger partial charge in [0.1, 0.15) is 12.6 Å². The maximum Gasteiger partial charge on any atom is 0.320 e. The summed E-state index contributed by atoms with van der Waals surface area (Å²) in [6.07, 6.45) is 2.42. The maximum atomic E-state index is 11.8. The lowest BCUT2D eigenvalue weighted by Gasteiger charge is -2.31. The van der Waals surface area contributed by atoms with Gasteiger partial charge in [-0.3, -0.25) is 14.5 Å². The van der Waals surface area contributed by atoms with E-state index in [0.29, 0.717) is 13.0 Å². The zero-order valence-corrected chi connectivity index (χ0v) is 11.3. The summed E-state index contributed by atoms with van der Waals surface area (Å²) in [5.41, 5.74) is 0.925. The van der Waals surface area contributed by atoms with Gasteiger partial charge < -0.3 is 9.84 Å². The van der Waals surface area contributed by atoms with E-state index in [9.17, 15) is 9.59 Å². The Balaban J connectivity index is 1.82. The number of carboxylic acid groups (broad SMARTS) is 1. The molecule has 1 aliphatic rings. The predicted octanol–water partition coefficient (Wildman–Crippen LogP) is 1.67. The van der Waals surface area contributed by atoms with E-state index in [0.717, 1.165) is 18.4 Å². The Kier molecular flexibility index (Phi) is 5.12. The van der Waals surface area contributed by atoms with Gasteiger partial charge in [-0.25, -0.2) is 0 Å². The maximum absolute atomic E-state index is 11.8. The van der Waals surface area contributed by atoms with Crippen LogP contribution in [0.4, 0.5) is 0 Å². The van der Waals surface area contributed by atoms with Gasteiger partial charge in [-0.2, -0.15) is 0 Å². The number of benzene rings is 1. The smallest absolute Gasteiger partial charge is 0.320 e. The molecule has 5 heteroatoms. The van der Waals surface area contributed by atoms with Crippen molar-refractivity contribution in [2.75, 3.05) is 13.1 Å². The molecule has 5 nitrogen and oxygen atoms in total. The molecule has 1 N–H and O–H groups in total. The lowest BCUT2D eigenvalue weighted by molar-refractivity contribution is -0.151. The van der Waals surface area contributed by atoms with Crippen LogP contribution in [0.5, 0.6) is 0 Å². The number of hydrogen-bond donors (Lipinski definition) is 1. The Morgan fingerprint density at radius 3 is 2.70 bits per heavy atom. The van der Waals surface area contributed by atoms with Crippen molar-refractivity contribution in [1.82, 2.24) is 4.90 Å². The van der Waals surface area contributed by atoms with Gasteiger partial charge in [0.15, 0.2) is 0 Å². The minimum absolute atomic E-state index is 0.0454. The predicted molar refractivity (Wildman–Crippen MR) is 73.1 cm³/mol. The number of esters is 1. The van der Waals surface area contributed by atoms with Gasteiger partial charge in [0.05, 0.1) is 6.54 Å². The van der Waals surface area contributed by atoms with Gasteiger partial charge in [-0.05, 0) is 24.9 Å². The first kappa shape index (κ1) is 14.5. The van der Waals surface area contributed by atoms with Crippen LogP contribution in [0.3, 0.4) is 0 Å². The Labute approximate surface area is 118 Å². The van der Waals surface area contributed by atoms with Gasteiger partial charge in [0.2, 0.25) is 0 Å². The molecule has 108 valence electrons. The first-order valence-corrected chi connectivity index (χ1v) is 6.83. The largest absolute Gasteiger partial charge is 0.480 e. The molecule has 1 fully saturated rings. The van der Waals surface area contributed by atoms with Crippen LogP contribution in [-0.2, 0) is 20.9 Å². The van der Waals surface area contributed by atoms with Crippen molar-refractivity contribution in [2.45, 2.75) is 31.9 Å². The Bertz CT molecular complexity index is 460. The van der Waals surface area contributed by atoms with E-state index in [1.807, 2.05) is 30.3 Å². The normalized spacial score (nSPS) is 19.5. The zero-order valence-electron chi connectivity index (χ0n) is 11.3. The molecule has 1 unspecified atom stereocenters. The lowest BCUT2D eigenvalue weighted by atomic mass is 10.0. The van der Waals surface area contributed by atoms with Gasteiger partial charge in [-0.1, -0.05) is 36.8 Å². The third-order valence-corrected chi connectivity index (χ3v) is 3.47. The molecule has 1 atom stereocenters. The number of nitrogens with zero attached hydrogens (tertiary/aromatic N) is 1. The van der Waals surface area contributed by atoms with Crippen LogP contribution in [0, 0.1) is 0 Å². The number of aliphatic carboxylic acids is 1. The van der Waals surface area contributed by atoms with Crippen molar-refractivity contribution in [3.05, 3.63) is 35.9 Å². The topological polar surface area (TPSA) is 66.8 Å². The van der Waals surface area contributed by atoms with Crippen LogP contribution < -0.4 is 0 Å².